The molecule has 0 aliphatic carbocycles. The summed E-state index contributed by atoms with van der Waals surface area (Å²) in [6.45, 7) is 7.39. The van der Waals surface area contributed by atoms with Gasteiger partial charge in [-0.3, -0.25) is 4.98 Å². The Hall–Kier alpha value is -4.15. The van der Waals surface area contributed by atoms with Gasteiger partial charge in [-0.15, -0.1) is 0 Å². The molecule has 10 heteroatoms. The summed E-state index contributed by atoms with van der Waals surface area (Å²) in [5.74, 6) is 0.576. The van der Waals surface area contributed by atoms with Crippen molar-refractivity contribution in [2.24, 2.45) is 10.7 Å². The SMILES string of the molecule is CCc1cc(O)ccc1N=C(N)c1cnn2cc(-c3cnccc3N3CCN(C)CC3)cc2c1N[C@@H]1CCOC1. The third kappa shape index (κ3) is 5.20. The second kappa shape index (κ2) is 11.1. The van der Waals surface area contributed by atoms with Crippen molar-refractivity contribution >= 4 is 28.4 Å². The summed E-state index contributed by atoms with van der Waals surface area (Å²) in [4.78, 5) is 14.0. The highest BCUT2D eigenvalue weighted by atomic mass is 16.5. The highest BCUT2D eigenvalue weighted by Gasteiger charge is 2.23. The lowest BCUT2D eigenvalue weighted by molar-refractivity contribution is 0.195. The Morgan fingerprint density at radius 2 is 2.02 bits per heavy atom. The predicted molar refractivity (Wildman–Crippen MR) is 159 cm³/mol. The van der Waals surface area contributed by atoms with Gasteiger partial charge in [0.25, 0.3) is 0 Å². The number of benzene rings is 1. The van der Waals surface area contributed by atoms with Crippen LogP contribution < -0.4 is 16.0 Å². The maximum absolute atomic E-state index is 9.93. The minimum absolute atomic E-state index is 0.162. The summed E-state index contributed by atoms with van der Waals surface area (Å²) in [5, 5.41) is 18.4. The fraction of sp³-hybridized carbons (Fsp3) is 0.367. The number of amidine groups is 1. The van der Waals surface area contributed by atoms with Gasteiger partial charge in [-0.2, -0.15) is 5.10 Å². The number of aliphatic imine (C=N–C) groups is 1. The summed E-state index contributed by atoms with van der Waals surface area (Å²) in [6.07, 6.45) is 9.26. The fourth-order valence-corrected chi connectivity index (χ4v) is 5.49. The summed E-state index contributed by atoms with van der Waals surface area (Å²) >= 11 is 0. The molecule has 4 aromatic rings. The maximum atomic E-state index is 9.93. The lowest BCUT2D eigenvalue weighted by atomic mass is 10.1. The first-order valence-electron chi connectivity index (χ1n) is 13.9. The summed E-state index contributed by atoms with van der Waals surface area (Å²) in [6, 6.07) is 9.57. The number of aromatic hydroxyl groups is 1. The molecule has 10 nitrogen and oxygen atoms in total. The Kier molecular flexibility index (Phi) is 7.27. The predicted octanol–water partition coefficient (Wildman–Crippen LogP) is 3.65. The van der Waals surface area contributed by atoms with Gasteiger partial charge in [-0.25, -0.2) is 9.51 Å². The molecule has 2 saturated heterocycles. The molecule has 1 aromatic carbocycles. The van der Waals surface area contributed by atoms with E-state index in [1.54, 1.807) is 24.4 Å². The van der Waals surface area contributed by atoms with Crippen molar-refractivity contribution in [1.29, 1.82) is 0 Å². The topological polar surface area (TPSA) is 117 Å². The molecular weight excluding hydrogens is 504 g/mol. The number of hydrogen-bond donors (Lipinski definition) is 3. The zero-order valence-corrected chi connectivity index (χ0v) is 23.0. The molecule has 0 radical (unpaired) electrons. The monoisotopic (exact) mass is 540 g/mol. The van der Waals surface area contributed by atoms with Crippen molar-refractivity contribution < 1.29 is 9.84 Å². The summed E-state index contributed by atoms with van der Waals surface area (Å²) in [7, 11) is 2.16. The third-order valence-electron chi connectivity index (χ3n) is 7.83. The number of nitrogens with one attached hydrogen (secondary N) is 1. The highest BCUT2D eigenvalue weighted by molar-refractivity contribution is 6.06. The molecule has 4 N–H and O–H groups in total. The van der Waals surface area contributed by atoms with Crippen LogP contribution in [0.3, 0.4) is 0 Å². The Bertz CT molecular complexity index is 1530. The van der Waals surface area contributed by atoms with E-state index in [1.165, 1.54) is 5.69 Å². The van der Waals surface area contributed by atoms with Gasteiger partial charge in [0.05, 0.1) is 41.3 Å². The number of piperazine rings is 1. The zero-order chi connectivity index (χ0) is 27.6. The first-order chi connectivity index (χ1) is 19.5. The van der Waals surface area contributed by atoms with E-state index >= 15 is 0 Å². The molecule has 2 aliphatic heterocycles. The van der Waals surface area contributed by atoms with Crippen LogP contribution in [0.15, 0.2) is 60.1 Å². The molecular formula is C30H36N8O2. The minimum Gasteiger partial charge on any atom is -0.508 e. The Morgan fingerprint density at radius 3 is 2.80 bits per heavy atom. The van der Waals surface area contributed by atoms with E-state index in [9.17, 15) is 5.11 Å². The quantitative estimate of drug-likeness (QED) is 0.240. The lowest BCUT2D eigenvalue weighted by Crippen LogP contribution is -2.44. The number of hydrogen-bond acceptors (Lipinski definition) is 8. The average Bonchev–Trinajstić information content (AvgIpc) is 3.65. The highest BCUT2D eigenvalue weighted by Crippen LogP contribution is 2.35. The van der Waals surface area contributed by atoms with E-state index in [4.69, 9.17) is 20.6 Å². The Balaban J connectivity index is 1.44. The number of ether oxygens (including phenoxy) is 1. The van der Waals surface area contributed by atoms with Crippen LogP contribution in [-0.4, -0.2) is 82.9 Å². The number of aryl methyl sites for hydroxylation is 1. The number of nitrogens with two attached hydrogens (primary N) is 1. The third-order valence-corrected chi connectivity index (χ3v) is 7.83. The zero-order valence-electron chi connectivity index (χ0n) is 23.0. The lowest BCUT2D eigenvalue weighted by Gasteiger charge is -2.35. The van der Waals surface area contributed by atoms with E-state index in [0.717, 1.165) is 84.8 Å². The second-order valence-electron chi connectivity index (χ2n) is 10.5. The van der Waals surface area contributed by atoms with Crippen molar-refractivity contribution in [3.63, 3.8) is 0 Å². The summed E-state index contributed by atoms with van der Waals surface area (Å²) in [5.41, 5.74) is 14.1. The molecule has 208 valence electrons. The number of anilines is 2. The van der Waals surface area contributed by atoms with Gasteiger partial charge < -0.3 is 30.7 Å². The van der Waals surface area contributed by atoms with Crippen molar-refractivity contribution in [1.82, 2.24) is 19.5 Å². The van der Waals surface area contributed by atoms with Crippen LogP contribution in [0.1, 0.15) is 24.5 Å². The number of phenolic OH excluding ortho intramolecular Hbond substituents is 1. The Morgan fingerprint density at radius 1 is 1.18 bits per heavy atom. The van der Waals surface area contributed by atoms with Crippen LogP contribution in [0.25, 0.3) is 16.6 Å². The van der Waals surface area contributed by atoms with Crippen molar-refractivity contribution in [3.8, 4) is 16.9 Å². The van der Waals surface area contributed by atoms with Gasteiger partial charge in [0, 0.05) is 68.2 Å². The molecule has 1 atom stereocenters. The van der Waals surface area contributed by atoms with Crippen LogP contribution in [0.4, 0.5) is 17.1 Å². The van der Waals surface area contributed by atoms with Gasteiger partial charge in [0.1, 0.15) is 11.6 Å². The fourth-order valence-electron chi connectivity index (χ4n) is 5.49. The molecule has 2 aliphatic rings. The minimum atomic E-state index is 0.162. The van der Waals surface area contributed by atoms with E-state index in [0.29, 0.717) is 12.4 Å². The van der Waals surface area contributed by atoms with Crippen LogP contribution in [0.2, 0.25) is 0 Å². The first kappa shape index (κ1) is 26.1. The molecule has 6 rings (SSSR count). The molecule has 3 aromatic heterocycles. The number of rotatable bonds is 7. The Labute approximate surface area is 234 Å². The molecule has 5 heterocycles. The normalized spacial score (nSPS) is 18.5. The molecule has 0 saturated carbocycles. The average molecular weight is 541 g/mol. The van der Waals surface area contributed by atoms with E-state index in [-0.39, 0.29) is 11.8 Å². The van der Waals surface area contributed by atoms with Gasteiger partial charge in [0.2, 0.25) is 0 Å². The molecule has 0 amide bonds. The number of likely N-dealkylation sites (N-methyl/N-ethyl adjacent to an activating group) is 1. The van der Waals surface area contributed by atoms with Gasteiger partial charge in [0.15, 0.2) is 0 Å². The molecule has 0 bridgehead atoms. The van der Waals surface area contributed by atoms with E-state index in [1.807, 2.05) is 23.8 Å². The number of aromatic nitrogens is 3. The van der Waals surface area contributed by atoms with Crippen LogP contribution in [0.5, 0.6) is 5.75 Å². The first-order valence-corrected chi connectivity index (χ1v) is 13.9. The van der Waals surface area contributed by atoms with Gasteiger partial charge in [-0.05, 0) is 55.8 Å². The molecule has 0 spiro atoms. The van der Waals surface area contributed by atoms with E-state index in [2.05, 4.69) is 45.5 Å². The molecule has 2 fully saturated rings. The summed E-state index contributed by atoms with van der Waals surface area (Å²) < 4.78 is 7.55. The van der Waals surface area contributed by atoms with Gasteiger partial charge >= 0.3 is 0 Å². The largest absolute Gasteiger partial charge is 0.508 e. The van der Waals surface area contributed by atoms with Gasteiger partial charge in [-0.1, -0.05) is 6.92 Å². The molecule has 40 heavy (non-hydrogen) atoms. The van der Waals surface area contributed by atoms with Crippen LogP contribution in [-0.2, 0) is 11.2 Å². The maximum Gasteiger partial charge on any atom is 0.135 e. The number of nitrogens with zero attached hydrogens (tertiary/aromatic N) is 6. The van der Waals surface area contributed by atoms with E-state index < -0.39 is 0 Å². The smallest absolute Gasteiger partial charge is 0.135 e. The van der Waals surface area contributed by atoms with Crippen molar-refractivity contribution in [3.05, 3.63) is 66.2 Å². The van der Waals surface area contributed by atoms with Crippen LogP contribution >= 0.6 is 0 Å². The number of phenols is 1. The number of fused-ring (bicyclic) bond motifs is 1. The standard InChI is InChI=1S/C30H36N8O2/c1-3-20-14-23(39)4-5-26(20)35-30(31)25-17-33-38-18-21(15-28(38)29(25)34-22-7-13-40-19-22)24-16-32-8-6-27(24)37-11-9-36(2)10-12-37/h4-6,8,14-18,22,34,39H,3,7,9-13,19H2,1-2H3,(H2,31,35)/t22-/m1/s1. The van der Waals surface area contributed by atoms with Crippen LogP contribution in [0, 0.1) is 0 Å². The van der Waals surface area contributed by atoms with Crippen molar-refractivity contribution in [2.75, 3.05) is 56.7 Å². The number of pyridine rings is 1. The second-order valence-corrected chi connectivity index (χ2v) is 10.5. The van der Waals surface area contributed by atoms with Crippen molar-refractivity contribution in [2.45, 2.75) is 25.8 Å². The molecule has 0 unspecified atom stereocenters.